The van der Waals surface area contributed by atoms with Gasteiger partial charge in [-0.15, -0.1) is 0 Å². The van der Waals surface area contributed by atoms with Crippen LogP contribution < -0.4 is 10.1 Å². The van der Waals surface area contributed by atoms with Crippen molar-refractivity contribution in [3.63, 3.8) is 0 Å². The molecule has 7 heteroatoms. The van der Waals surface area contributed by atoms with Crippen LogP contribution in [0.5, 0.6) is 5.75 Å². The number of nitrogens with zero attached hydrogens (tertiary/aromatic N) is 1. The minimum absolute atomic E-state index is 0.0248. The lowest BCUT2D eigenvalue weighted by Crippen LogP contribution is -2.43. The zero-order valence-electron chi connectivity index (χ0n) is 12.4. The number of nitro groups is 1. The molecule has 0 bridgehead atoms. The minimum Gasteiger partial charge on any atom is -0.490 e. The molecular formula is C15H20N2O5. The first-order valence-electron chi connectivity index (χ1n) is 7.31. The van der Waals surface area contributed by atoms with Gasteiger partial charge in [-0.3, -0.25) is 14.9 Å². The highest BCUT2D eigenvalue weighted by molar-refractivity contribution is 5.98. The zero-order valence-corrected chi connectivity index (χ0v) is 12.4. The van der Waals surface area contributed by atoms with Crippen LogP contribution in [-0.4, -0.2) is 35.7 Å². The molecule has 0 radical (unpaired) electrons. The number of hydrogen-bond donors (Lipinski definition) is 2. The van der Waals surface area contributed by atoms with Crippen molar-refractivity contribution in [2.24, 2.45) is 5.92 Å². The van der Waals surface area contributed by atoms with Gasteiger partial charge in [0.05, 0.1) is 17.6 Å². The summed E-state index contributed by atoms with van der Waals surface area (Å²) >= 11 is 0. The molecule has 7 nitrogen and oxygen atoms in total. The van der Waals surface area contributed by atoms with Gasteiger partial charge in [-0.25, -0.2) is 0 Å². The summed E-state index contributed by atoms with van der Waals surface area (Å²) in [5, 5.41) is 23.3. The highest BCUT2D eigenvalue weighted by atomic mass is 16.6. The molecule has 22 heavy (non-hydrogen) atoms. The maximum atomic E-state index is 12.4. The Hall–Kier alpha value is -2.15. The van der Waals surface area contributed by atoms with Crippen molar-refractivity contribution in [2.75, 3.05) is 13.7 Å². The van der Waals surface area contributed by atoms with Crippen molar-refractivity contribution in [3.8, 4) is 5.75 Å². The molecule has 2 atom stereocenters. The van der Waals surface area contributed by atoms with Gasteiger partial charge in [0.2, 0.25) is 5.75 Å². The van der Waals surface area contributed by atoms with Crippen LogP contribution in [0.4, 0.5) is 5.69 Å². The summed E-state index contributed by atoms with van der Waals surface area (Å²) in [4.78, 5) is 22.9. The maximum Gasteiger partial charge on any atom is 0.311 e. The van der Waals surface area contributed by atoms with Crippen LogP contribution in [0.15, 0.2) is 18.2 Å². The summed E-state index contributed by atoms with van der Waals surface area (Å²) in [6, 6.07) is 4.14. The SMILES string of the molecule is COc1c(C(=O)NC2CCCCC2CO)cccc1[N+](=O)[O-]. The topological polar surface area (TPSA) is 102 Å². The van der Waals surface area contributed by atoms with Crippen LogP contribution >= 0.6 is 0 Å². The molecule has 2 rings (SSSR count). The summed E-state index contributed by atoms with van der Waals surface area (Å²) in [5.74, 6) is -0.422. The number of hydrogen-bond acceptors (Lipinski definition) is 5. The van der Waals surface area contributed by atoms with Crippen molar-refractivity contribution in [3.05, 3.63) is 33.9 Å². The standard InChI is InChI=1S/C15H20N2O5/c1-22-14-11(6-4-8-13(14)17(20)21)15(19)16-12-7-3-2-5-10(12)9-18/h4,6,8,10,12,18H,2-3,5,7,9H2,1H3,(H,16,19). The van der Waals surface area contributed by atoms with E-state index in [-0.39, 0.29) is 35.6 Å². The van der Waals surface area contributed by atoms with E-state index in [0.717, 1.165) is 25.7 Å². The number of amides is 1. The lowest BCUT2D eigenvalue weighted by molar-refractivity contribution is -0.385. The van der Waals surface area contributed by atoms with Crippen LogP contribution in [0.2, 0.25) is 0 Å². The van der Waals surface area contributed by atoms with Gasteiger partial charge in [0, 0.05) is 24.6 Å². The summed E-state index contributed by atoms with van der Waals surface area (Å²) < 4.78 is 5.05. The van der Waals surface area contributed by atoms with Gasteiger partial charge >= 0.3 is 5.69 Å². The van der Waals surface area contributed by atoms with Crippen LogP contribution in [-0.2, 0) is 0 Å². The largest absolute Gasteiger partial charge is 0.490 e. The second-order valence-corrected chi connectivity index (χ2v) is 5.42. The smallest absolute Gasteiger partial charge is 0.311 e. The number of carbonyl (C=O) groups is 1. The van der Waals surface area contributed by atoms with E-state index >= 15 is 0 Å². The van der Waals surface area contributed by atoms with Gasteiger partial charge in [-0.1, -0.05) is 18.9 Å². The van der Waals surface area contributed by atoms with Crippen molar-refractivity contribution in [1.82, 2.24) is 5.32 Å². The Morgan fingerprint density at radius 2 is 2.18 bits per heavy atom. The van der Waals surface area contributed by atoms with E-state index in [0.29, 0.717) is 0 Å². The average molecular weight is 308 g/mol. The third kappa shape index (κ3) is 3.36. The summed E-state index contributed by atoms with van der Waals surface area (Å²) in [6.45, 7) is 0.0248. The molecule has 0 saturated heterocycles. The van der Waals surface area contributed by atoms with Crippen molar-refractivity contribution in [1.29, 1.82) is 0 Å². The van der Waals surface area contributed by atoms with Crippen molar-refractivity contribution >= 4 is 11.6 Å². The molecule has 1 aliphatic rings. The molecule has 2 unspecified atom stereocenters. The predicted molar refractivity (Wildman–Crippen MR) is 79.9 cm³/mol. The normalized spacial score (nSPS) is 21.2. The van der Waals surface area contributed by atoms with Crippen molar-refractivity contribution in [2.45, 2.75) is 31.7 Å². The molecule has 1 amide bonds. The third-order valence-corrected chi connectivity index (χ3v) is 4.10. The van der Waals surface area contributed by atoms with Crippen LogP contribution in [0.1, 0.15) is 36.0 Å². The molecule has 0 heterocycles. The molecule has 1 aromatic rings. The van der Waals surface area contributed by atoms with E-state index in [1.165, 1.54) is 25.3 Å². The monoisotopic (exact) mass is 308 g/mol. The number of aliphatic hydroxyl groups is 1. The van der Waals surface area contributed by atoms with E-state index in [9.17, 15) is 20.0 Å². The van der Waals surface area contributed by atoms with Gasteiger partial charge in [0.15, 0.2) is 0 Å². The fourth-order valence-electron chi connectivity index (χ4n) is 2.92. The van der Waals surface area contributed by atoms with E-state index in [1.807, 2.05) is 0 Å². The number of aliphatic hydroxyl groups excluding tert-OH is 1. The van der Waals surface area contributed by atoms with E-state index in [1.54, 1.807) is 0 Å². The number of carbonyl (C=O) groups excluding carboxylic acids is 1. The number of ether oxygens (including phenoxy) is 1. The predicted octanol–water partition coefficient (Wildman–Crippen LogP) is 1.88. The Morgan fingerprint density at radius 3 is 2.82 bits per heavy atom. The molecular weight excluding hydrogens is 288 g/mol. The Kier molecular flexibility index (Phi) is 5.32. The lowest BCUT2D eigenvalue weighted by Gasteiger charge is -2.31. The maximum absolute atomic E-state index is 12.4. The Morgan fingerprint density at radius 1 is 1.45 bits per heavy atom. The quantitative estimate of drug-likeness (QED) is 0.639. The highest BCUT2D eigenvalue weighted by Crippen LogP contribution is 2.31. The number of nitrogens with one attached hydrogen (secondary N) is 1. The van der Waals surface area contributed by atoms with Gasteiger partial charge < -0.3 is 15.2 Å². The first kappa shape index (κ1) is 16.2. The fraction of sp³-hybridized carbons (Fsp3) is 0.533. The summed E-state index contributed by atoms with van der Waals surface area (Å²) in [7, 11) is 1.30. The Bertz CT molecular complexity index is 561. The van der Waals surface area contributed by atoms with E-state index < -0.39 is 10.8 Å². The molecule has 1 fully saturated rings. The van der Waals surface area contributed by atoms with Crippen molar-refractivity contribution < 1.29 is 19.6 Å². The number of nitro benzene ring substituents is 1. The molecule has 1 saturated carbocycles. The van der Waals surface area contributed by atoms with Crippen LogP contribution in [0.3, 0.4) is 0 Å². The average Bonchev–Trinajstić information content (AvgIpc) is 2.54. The van der Waals surface area contributed by atoms with Gasteiger partial charge in [0.1, 0.15) is 0 Å². The van der Waals surface area contributed by atoms with Crippen LogP contribution in [0, 0.1) is 16.0 Å². The number of para-hydroxylation sites is 1. The summed E-state index contributed by atoms with van der Waals surface area (Å²) in [6.07, 6.45) is 3.70. The first-order valence-corrected chi connectivity index (χ1v) is 7.31. The van der Waals surface area contributed by atoms with Crippen LogP contribution in [0.25, 0.3) is 0 Å². The molecule has 2 N–H and O–H groups in total. The highest BCUT2D eigenvalue weighted by Gasteiger charge is 2.28. The molecule has 0 spiro atoms. The van der Waals surface area contributed by atoms with E-state index in [4.69, 9.17) is 4.74 Å². The second-order valence-electron chi connectivity index (χ2n) is 5.42. The number of rotatable bonds is 5. The van der Waals surface area contributed by atoms with Gasteiger partial charge in [-0.2, -0.15) is 0 Å². The number of methoxy groups -OCH3 is 1. The molecule has 1 aromatic carbocycles. The molecule has 120 valence electrons. The Balaban J connectivity index is 2.22. The molecule has 0 aromatic heterocycles. The summed E-state index contributed by atoms with van der Waals surface area (Å²) in [5.41, 5.74) is -0.100. The number of benzene rings is 1. The van der Waals surface area contributed by atoms with Gasteiger partial charge in [-0.05, 0) is 18.9 Å². The Labute approximate surface area is 128 Å². The first-order chi connectivity index (χ1) is 10.6. The van der Waals surface area contributed by atoms with Gasteiger partial charge in [0.25, 0.3) is 5.91 Å². The second kappa shape index (κ2) is 7.22. The lowest BCUT2D eigenvalue weighted by atomic mass is 9.85. The van der Waals surface area contributed by atoms with E-state index in [2.05, 4.69) is 5.32 Å². The zero-order chi connectivity index (χ0) is 16.1. The third-order valence-electron chi connectivity index (χ3n) is 4.10. The fourth-order valence-corrected chi connectivity index (χ4v) is 2.92. The minimum atomic E-state index is -0.577. The molecule has 0 aliphatic heterocycles. The molecule has 1 aliphatic carbocycles.